The summed E-state index contributed by atoms with van der Waals surface area (Å²) >= 11 is 0. The van der Waals surface area contributed by atoms with Crippen LogP contribution in [-0.2, 0) is 6.42 Å². The van der Waals surface area contributed by atoms with Crippen LogP contribution in [0.25, 0.3) is 0 Å². The van der Waals surface area contributed by atoms with E-state index in [4.69, 9.17) is 0 Å². The van der Waals surface area contributed by atoms with Crippen LogP contribution >= 0.6 is 0 Å². The third-order valence-electron chi connectivity index (χ3n) is 3.00. The summed E-state index contributed by atoms with van der Waals surface area (Å²) in [5, 5.41) is 0. The van der Waals surface area contributed by atoms with Crippen molar-refractivity contribution in [3.05, 3.63) is 28.6 Å². The molecule has 0 unspecified atom stereocenters. The second kappa shape index (κ2) is 3.16. The minimum absolute atomic E-state index is 0.102. The summed E-state index contributed by atoms with van der Waals surface area (Å²) in [4.78, 5) is 16.4. The van der Waals surface area contributed by atoms with Crippen molar-refractivity contribution in [2.24, 2.45) is 5.41 Å². The lowest BCUT2D eigenvalue weighted by molar-refractivity contribution is 0.0911. The SMILES string of the molecule is Cc1cc2c(c(C)n1)C(=O)CC(C)(C)C2. The van der Waals surface area contributed by atoms with Crippen LogP contribution in [0.1, 0.15) is 47.6 Å². The zero-order valence-corrected chi connectivity index (χ0v) is 9.85. The van der Waals surface area contributed by atoms with Crippen molar-refractivity contribution in [1.29, 1.82) is 0 Å². The van der Waals surface area contributed by atoms with Crippen molar-refractivity contribution >= 4 is 5.78 Å². The summed E-state index contributed by atoms with van der Waals surface area (Å²) in [6.45, 7) is 8.22. The molecular weight excluding hydrogens is 186 g/mol. The average Bonchev–Trinajstić information content (AvgIpc) is 1.97. The smallest absolute Gasteiger partial charge is 0.165 e. The Morgan fingerprint density at radius 3 is 2.60 bits per heavy atom. The monoisotopic (exact) mass is 203 g/mol. The number of pyridine rings is 1. The number of carbonyl (C=O) groups excluding carboxylic acids is 1. The fourth-order valence-electron chi connectivity index (χ4n) is 2.53. The normalized spacial score (nSPS) is 18.8. The Morgan fingerprint density at radius 2 is 1.93 bits per heavy atom. The van der Waals surface area contributed by atoms with Crippen molar-refractivity contribution in [1.82, 2.24) is 4.98 Å². The van der Waals surface area contributed by atoms with Gasteiger partial charge >= 0.3 is 0 Å². The maximum Gasteiger partial charge on any atom is 0.165 e. The molecule has 1 aromatic rings. The highest BCUT2D eigenvalue weighted by atomic mass is 16.1. The van der Waals surface area contributed by atoms with Gasteiger partial charge in [0.25, 0.3) is 0 Å². The van der Waals surface area contributed by atoms with Crippen molar-refractivity contribution < 1.29 is 4.79 Å². The van der Waals surface area contributed by atoms with Gasteiger partial charge < -0.3 is 0 Å². The predicted octanol–water partition coefficient (Wildman–Crippen LogP) is 2.85. The van der Waals surface area contributed by atoms with E-state index in [1.54, 1.807) is 0 Å². The zero-order valence-electron chi connectivity index (χ0n) is 9.85. The van der Waals surface area contributed by atoms with E-state index in [0.717, 1.165) is 23.4 Å². The molecule has 2 heteroatoms. The second-order valence-corrected chi connectivity index (χ2v) is 5.32. The number of nitrogens with zero attached hydrogens (tertiary/aromatic N) is 1. The van der Waals surface area contributed by atoms with Crippen LogP contribution in [0.15, 0.2) is 6.07 Å². The van der Waals surface area contributed by atoms with E-state index in [-0.39, 0.29) is 11.2 Å². The summed E-state index contributed by atoms with van der Waals surface area (Å²) in [7, 11) is 0. The van der Waals surface area contributed by atoms with E-state index in [1.165, 1.54) is 5.56 Å². The second-order valence-electron chi connectivity index (χ2n) is 5.32. The maximum atomic E-state index is 12.0. The van der Waals surface area contributed by atoms with Gasteiger partial charge in [0.2, 0.25) is 0 Å². The molecular formula is C13H17NO. The van der Waals surface area contributed by atoms with Crippen LogP contribution in [-0.4, -0.2) is 10.8 Å². The fraction of sp³-hybridized carbons (Fsp3) is 0.538. The minimum Gasteiger partial charge on any atom is -0.294 e. The molecule has 0 aromatic carbocycles. The largest absolute Gasteiger partial charge is 0.294 e. The number of aryl methyl sites for hydroxylation is 2. The van der Waals surface area contributed by atoms with E-state index in [0.29, 0.717) is 6.42 Å². The molecule has 0 amide bonds. The first kappa shape index (κ1) is 10.3. The Bertz CT molecular complexity index is 432. The standard InChI is InChI=1S/C13H17NO/c1-8-5-10-6-13(3,4)7-11(15)12(10)9(2)14-8/h5H,6-7H2,1-4H3. The Kier molecular flexibility index (Phi) is 2.18. The summed E-state index contributed by atoms with van der Waals surface area (Å²) in [6, 6.07) is 2.06. The Morgan fingerprint density at radius 1 is 1.27 bits per heavy atom. The first-order chi connectivity index (χ1) is 6.89. The summed E-state index contributed by atoms with van der Waals surface area (Å²) in [5.41, 5.74) is 4.06. The van der Waals surface area contributed by atoms with E-state index in [9.17, 15) is 4.79 Å². The van der Waals surface area contributed by atoms with E-state index in [1.807, 2.05) is 13.8 Å². The van der Waals surface area contributed by atoms with Crippen LogP contribution in [0.3, 0.4) is 0 Å². The topological polar surface area (TPSA) is 30.0 Å². The fourth-order valence-corrected chi connectivity index (χ4v) is 2.53. The average molecular weight is 203 g/mol. The minimum atomic E-state index is 0.102. The molecule has 0 aliphatic heterocycles. The molecule has 1 aliphatic carbocycles. The van der Waals surface area contributed by atoms with Gasteiger partial charge in [-0.25, -0.2) is 0 Å². The summed E-state index contributed by atoms with van der Waals surface area (Å²) in [5.74, 6) is 0.256. The first-order valence-corrected chi connectivity index (χ1v) is 5.39. The number of hydrogen-bond acceptors (Lipinski definition) is 2. The van der Waals surface area contributed by atoms with Gasteiger partial charge in [0.15, 0.2) is 5.78 Å². The van der Waals surface area contributed by atoms with Gasteiger partial charge in [-0.15, -0.1) is 0 Å². The third kappa shape index (κ3) is 1.81. The molecule has 80 valence electrons. The molecule has 0 saturated heterocycles. The number of hydrogen-bond donors (Lipinski definition) is 0. The van der Waals surface area contributed by atoms with Crippen LogP contribution in [0, 0.1) is 19.3 Å². The van der Waals surface area contributed by atoms with E-state index in [2.05, 4.69) is 24.9 Å². The van der Waals surface area contributed by atoms with Crippen molar-refractivity contribution in [3.8, 4) is 0 Å². The van der Waals surface area contributed by atoms with E-state index < -0.39 is 0 Å². The molecule has 1 aromatic heterocycles. The van der Waals surface area contributed by atoms with Crippen molar-refractivity contribution in [3.63, 3.8) is 0 Å². The Labute approximate surface area is 90.7 Å². The molecule has 0 saturated carbocycles. The van der Waals surface area contributed by atoms with Gasteiger partial charge in [-0.2, -0.15) is 0 Å². The molecule has 0 fully saturated rings. The Hall–Kier alpha value is -1.18. The third-order valence-corrected chi connectivity index (χ3v) is 3.00. The van der Waals surface area contributed by atoms with Gasteiger partial charge in [0.1, 0.15) is 0 Å². The molecule has 1 heterocycles. The van der Waals surface area contributed by atoms with Gasteiger partial charge in [-0.1, -0.05) is 13.8 Å². The highest BCUT2D eigenvalue weighted by Gasteiger charge is 2.32. The molecule has 1 aliphatic rings. The van der Waals surface area contributed by atoms with Gasteiger partial charge in [-0.3, -0.25) is 9.78 Å². The number of carbonyl (C=O) groups is 1. The predicted molar refractivity (Wildman–Crippen MR) is 60.1 cm³/mol. The number of aromatic nitrogens is 1. The summed E-state index contributed by atoms with van der Waals surface area (Å²) < 4.78 is 0. The molecule has 0 radical (unpaired) electrons. The van der Waals surface area contributed by atoms with Crippen LogP contribution in [0.2, 0.25) is 0 Å². The maximum absolute atomic E-state index is 12.0. The molecule has 2 rings (SSSR count). The first-order valence-electron chi connectivity index (χ1n) is 5.39. The molecule has 0 bridgehead atoms. The van der Waals surface area contributed by atoms with Crippen LogP contribution < -0.4 is 0 Å². The highest BCUT2D eigenvalue weighted by molar-refractivity contribution is 6.00. The number of Topliss-reactive ketones (excluding diaryl/α,β-unsaturated/α-hetero) is 1. The quantitative estimate of drug-likeness (QED) is 0.649. The highest BCUT2D eigenvalue weighted by Crippen LogP contribution is 2.35. The number of rotatable bonds is 0. The zero-order chi connectivity index (χ0) is 11.2. The van der Waals surface area contributed by atoms with Crippen LogP contribution in [0.4, 0.5) is 0 Å². The molecule has 0 spiro atoms. The van der Waals surface area contributed by atoms with Crippen molar-refractivity contribution in [2.45, 2.75) is 40.5 Å². The molecule has 0 atom stereocenters. The van der Waals surface area contributed by atoms with Crippen molar-refractivity contribution in [2.75, 3.05) is 0 Å². The molecule has 15 heavy (non-hydrogen) atoms. The Balaban J connectivity index is 2.60. The molecule has 2 nitrogen and oxygen atoms in total. The number of fused-ring (bicyclic) bond motifs is 1. The lowest BCUT2D eigenvalue weighted by atomic mass is 9.73. The van der Waals surface area contributed by atoms with Gasteiger partial charge in [-0.05, 0) is 37.3 Å². The number of ketones is 1. The lowest BCUT2D eigenvalue weighted by Gasteiger charge is -2.30. The van der Waals surface area contributed by atoms with Crippen LogP contribution in [0.5, 0.6) is 0 Å². The van der Waals surface area contributed by atoms with Gasteiger partial charge in [0, 0.05) is 23.4 Å². The summed E-state index contributed by atoms with van der Waals surface area (Å²) in [6.07, 6.45) is 1.63. The van der Waals surface area contributed by atoms with E-state index >= 15 is 0 Å². The molecule has 0 N–H and O–H groups in total. The lowest BCUT2D eigenvalue weighted by Crippen LogP contribution is -2.28. The van der Waals surface area contributed by atoms with Gasteiger partial charge in [0.05, 0.1) is 0 Å².